The summed E-state index contributed by atoms with van der Waals surface area (Å²) in [7, 11) is 0. The zero-order chi connectivity index (χ0) is 20.6. The number of aromatic amines is 1. The lowest BCUT2D eigenvalue weighted by Crippen LogP contribution is -2.29. The smallest absolute Gasteiger partial charge is 0.268 e. The highest BCUT2D eigenvalue weighted by Crippen LogP contribution is 2.42. The zero-order valence-corrected chi connectivity index (χ0v) is 16.0. The fourth-order valence-corrected chi connectivity index (χ4v) is 4.04. The molecule has 0 saturated carbocycles. The topological polar surface area (TPSA) is 74.8 Å². The van der Waals surface area contributed by atoms with Crippen molar-refractivity contribution in [2.24, 2.45) is 0 Å². The van der Waals surface area contributed by atoms with E-state index in [-0.39, 0.29) is 14.9 Å². The Hall–Kier alpha value is -3.05. The molecule has 1 aliphatic rings. The van der Waals surface area contributed by atoms with Crippen LogP contribution >= 0.6 is 24.0 Å². The van der Waals surface area contributed by atoms with Crippen LogP contribution in [-0.2, 0) is 11.0 Å². The van der Waals surface area contributed by atoms with Gasteiger partial charge in [-0.1, -0.05) is 60.4 Å². The van der Waals surface area contributed by atoms with E-state index in [9.17, 15) is 18.0 Å². The molecule has 1 amide bonds. The Balaban J connectivity index is 1.64. The first-order valence-corrected chi connectivity index (χ1v) is 9.35. The molecule has 1 N–H and O–H groups in total. The number of rotatable bonds is 3. The second-order valence-corrected chi connectivity index (χ2v) is 7.58. The molecule has 3 aromatic rings. The predicted molar refractivity (Wildman–Crippen MR) is 107 cm³/mol. The van der Waals surface area contributed by atoms with Crippen molar-refractivity contribution in [1.29, 1.82) is 0 Å². The summed E-state index contributed by atoms with van der Waals surface area (Å²) in [4.78, 5) is 14.0. The third-order valence-electron chi connectivity index (χ3n) is 4.07. The number of carbonyl (C=O) groups excluding carboxylic acids is 1. The number of H-pyrrole nitrogens is 1. The molecule has 1 aliphatic heterocycles. The normalized spacial score (nSPS) is 16.1. The summed E-state index contributed by atoms with van der Waals surface area (Å²) in [5, 5.41) is 13.5. The van der Waals surface area contributed by atoms with Crippen LogP contribution in [0.2, 0.25) is 0 Å². The van der Waals surface area contributed by atoms with Gasteiger partial charge in [0.05, 0.1) is 16.2 Å². The maximum atomic E-state index is 13.3. The second-order valence-electron chi connectivity index (χ2n) is 5.90. The number of hydrogen-bond acceptors (Lipinski definition) is 6. The molecule has 1 fully saturated rings. The first-order chi connectivity index (χ1) is 13.8. The molecule has 0 spiro atoms. The zero-order valence-electron chi connectivity index (χ0n) is 14.3. The molecule has 0 aliphatic carbocycles. The fraction of sp³-hybridized carbons (Fsp3) is 0.0556. The molecule has 0 bridgehead atoms. The number of halogens is 3. The number of thioether (sulfide) groups is 1. The number of amides is 1. The molecule has 0 atom stereocenters. The number of thiocarbonyl (C=S) groups is 1. The van der Waals surface area contributed by atoms with Crippen LogP contribution in [0.25, 0.3) is 17.5 Å². The molecular weight excluding hydrogens is 423 g/mol. The summed E-state index contributed by atoms with van der Waals surface area (Å²) in [6.07, 6.45) is -3.02. The van der Waals surface area contributed by atoms with Crippen molar-refractivity contribution in [1.82, 2.24) is 20.6 Å². The van der Waals surface area contributed by atoms with Gasteiger partial charge in [0, 0.05) is 5.56 Å². The van der Waals surface area contributed by atoms with Crippen molar-refractivity contribution in [2.75, 3.05) is 4.90 Å². The number of benzene rings is 2. The minimum atomic E-state index is -4.60. The summed E-state index contributed by atoms with van der Waals surface area (Å²) >= 11 is 6.14. The van der Waals surface area contributed by atoms with E-state index in [2.05, 4.69) is 20.6 Å². The summed E-state index contributed by atoms with van der Waals surface area (Å²) in [6, 6.07) is 11.9. The average Bonchev–Trinajstić information content (AvgIpc) is 3.31. The van der Waals surface area contributed by atoms with Crippen molar-refractivity contribution in [3.8, 4) is 11.4 Å². The summed E-state index contributed by atoms with van der Waals surface area (Å²) in [5.41, 5.74) is 0.242. The second kappa shape index (κ2) is 7.41. The van der Waals surface area contributed by atoms with E-state index >= 15 is 0 Å². The first-order valence-electron chi connectivity index (χ1n) is 8.13. The third-order valence-corrected chi connectivity index (χ3v) is 5.37. The van der Waals surface area contributed by atoms with Crippen LogP contribution in [0.3, 0.4) is 0 Å². The fourth-order valence-electron chi connectivity index (χ4n) is 2.75. The number of hydrogen-bond donors (Lipinski definition) is 1. The number of aromatic nitrogens is 4. The van der Waals surface area contributed by atoms with Gasteiger partial charge in [-0.2, -0.15) is 13.2 Å². The van der Waals surface area contributed by atoms with Crippen molar-refractivity contribution < 1.29 is 18.0 Å². The maximum Gasteiger partial charge on any atom is 0.418 e. The van der Waals surface area contributed by atoms with Crippen LogP contribution in [0.1, 0.15) is 11.1 Å². The SMILES string of the molecule is O=C1/C(=C/c2ccc(-c3nnn[nH]3)cc2)SC(=S)N1c1ccccc1C(F)(F)F. The minimum absolute atomic E-state index is 0.0438. The van der Waals surface area contributed by atoms with Crippen LogP contribution in [0.15, 0.2) is 53.4 Å². The monoisotopic (exact) mass is 433 g/mol. The molecule has 29 heavy (non-hydrogen) atoms. The van der Waals surface area contributed by atoms with E-state index in [1.54, 1.807) is 30.3 Å². The van der Waals surface area contributed by atoms with Crippen molar-refractivity contribution in [2.45, 2.75) is 6.18 Å². The summed E-state index contributed by atoms with van der Waals surface area (Å²) in [5.74, 6) is -0.105. The van der Waals surface area contributed by atoms with Gasteiger partial charge in [-0.15, -0.1) is 5.10 Å². The Morgan fingerprint density at radius 2 is 1.83 bits per heavy atom. The number of alkyl halides is 3. The number of carbonyl (C=O) groups is 1. The van der Waals surface area contributed by atoms with Gasteiger partial charge in [0.2, 0.25) is 0 Å². The van der Waals surface area contributed by atoms with Crippen molar-refractivity contribution >= 4 is 46.0 Å². The van der Waals surface area contributed by atoms with Gasteiger partial charge in [0.25, 0.3) is 5.91 Å². The molecule has 2 heterocycles. The van der Waals surface area contributed by atoms with E-state index in [0.29, 0.717) is 11.4 Å². The Morgan fingerprint density at radius 1 is 1.10 bits per heavy atom. The van der Waals surface area contributed by atoms with Gasteiger partial charge in [-0.3, -0.25) is 9.69 Å². The molecule has 2 aromatic carbocycles. The Kier molecular flexibility index (Phi) is 4.92. The lowest BCUT2D eigenvalue weighted by Gasteiger charge is -2.20. The largest absolute Gasteiger partial charge is 0.418 e. The first kappa shape index (κ1) is 19.3. The third kappa shape index (κ3) is 3.78. The number of tetrazole rings is 1. The van der Waals surface area contributed by atoms with Gasteiger partial charge in [-0.05, 0) is 34.2 Å². The van der Waals surface area contributed by atoms with E-state index in [1.807, 2.05) is 0 Å². The quantitative estimate of drug-likeness (QED) is 0.491. The van der Waals surface area contributed by atoms with Gasteiger partial charge >= 0.3 is 6.18 Å². The van der Waals surface area contributed by atoms with E-state index in [1.165, 1.54) is 18.2 Å². The molecule has 11 heteroatoms. The molecule has 0 unspecified atom stereocenters. The molecule has 6 nitrogen and oxygen atoms in total. The minimum Gasteiger partial charge on any atom is -0.268 e. The Labute approximate surface area is 171 Å². The molecule has 1 aromatic heterocycles. The molecule has 0 radical (unpaired) electrons. The van der Waals surface area contributed by atoms with Crippen LogP contribution in [-0.4, -0.2) is 30.9 Å². The maximum absolute atomic E-state index is 13.3. The predicted octanol–water partition coefficient (Wildman–Crippen LogP) is 4.29. The Morgan fingerprint density at radius 3 is 2.48 bits per heavy atom. The van der Waals surface area contributed by atoms with Crippen LogP contribution in [0, 0.1) is 0 Å². The highest BCUT2D eigenvalue weighted by Gasteiger charge is 2.40. The van der Waals surface area contributed by atoms with Crippen molar-refractivity contribution in [3.63, 3.8) is 0 Å². The van der Waals surface area contributed by atoms with Crippen molar-refractivity contribution in [3.05, 3.63) is 64.6 Å². The lowest BCUT2D eigenvalue weighted by atomic mass is 10.1. The number of para-hydroxylation sites is 1. The van der Waals surface area contributed by atoms with E-state index < -0.39 is 17.6 Å². The molecular formula is C18H10F3N5OS2. The lowest BCUT2D eigenvalue weighted by molar-refractivity contribution is -0.137. The average molecular weight is 433 g/mol. The van der Waals surface area contributed by atoms with Crippen LogP contribution in [0.5, 0.6) is 0 Å². The summed E-state index contributed by atoms with van der Waals surface area (Å²) < 4.78 is 40.0. The van der Waals surface area contributed by atoms with Crippen LogP contribution in [0.4, 0.5) is 18.9 Å². The standard InChI is InChI=1S/C18H10F3N5OS2/c19-18(20,21)12-3-1-2-4-13(12)26-16(27)14(29-17(26)28)9-10-5-7-11(8-6-10)15-22-24-25-23-15/h1-9H,(H,22,23,24,25)/b14-9-. The molecule has 4 rings (SSSR count). The van der Waals surface area contributed by atoms with Gasteiger partial charge in [0.1, 0.15) is 0 Å². The molecule has 1 saturated heterocycles. The number of nitrogens with one attached hydrogen (secondary N) is 1. The van der Waals surface area contributed by atoms with E-state index in [0.717, 1.165) is 28.3 Å². The number of anilines is 1. The highest BCUT2D eigenvalue weighted by molar-refractivity contribution is 8.27. The van der Waals surface area contributed by atoms with Gasteiger partial charge in [0.15, 0.2) is 10.1 Å². The van der Waals surface area contributed by atoms with Gasteiger partial charge in [-0.25, -0.2) is 5.10 Å². The van der Waals surface area contributed by atoms with Crippen LogP contribution < -0.4 is 4.90 Å². The highest BCUT2D eigenvalue weighted by atomic mass is 32.2. The van der Waals surface area contributed by atoms with E-state index in [4.69, 9.17) is 12.2 Å². The summed E-state index contributed by atoms with van der Waals surface area (Å²) in [6.45, 7) is 0. The van der Waals surface area contributed by atoms with Gasteiger partial charge < -0.3 is 0 Å². The molecule has 146 valence electrons. The Bertz CT molecular complexity index is 1110. The number of nitrogens with zero attached hydrogens (tertiary/aromatic N) is 4.